The predicted molar refractivity (Wildman–Crippen MR) is 115 cm³/mol. The van der Waals surface area contributed by atoms with Crippen molar-refractivity contribution in [1.29, 1.82) is 0 Å². The van der Waals surface area contributed by atoms with Crippen molar-refractivity contribution in [1.82, 2.24) is 10.2 Å². The molecule has 1 N–H and O–H groups in total. The van der Waals surface area contributed by atoms with Gasteiger partial charge in [-0.15, -0.1) is 0 Å². The molecule has 1 aliphatic rings. The van der Waals surface area contributed by atoms with Crippen LogP contribution < -0.4 is 5.32 Å². The molecule has 3 aromatic carbocycles. The quantitative estimate of drug-likeness (QED) is 0.595. The lowest BCUT2D eigenvalue weighted by Gasteiger charge is -2.32. The first kappa shape index (κ1) is 21.6. The molecule has 164 valence electrons. The Kier molecular flexibility index (Phi) is 6.25. The highest BCUT2D eigenvalue weighted by molar-refractivity contribution is 5.95. The van der Waals surface area contributed by atoms with Crippen LogP contribution in [0, 0.1) is 17.5 Å². The summed E-state index contributed by atoms with van der Waals surface area (Å²) in [6.07, 6.45) is 0.954. The highest BCUT2D eigenvalue weighted by Gasteiger charge is 2.28. The summed E-state index contributed by atoms with van der Waals surface area (Å²) in [6.45, 7) is 0.546. The number of likely N-dealkylation sites (tertiary alicyclic amines) is 1. The van der Waals surface area contributed by atoms with Gasteiger partial charge in [0, 0.05) is 24.7 Å². The number of hydrogen-bond donors (Lipinski definition) is 1. The first-order valence-corrected chi connectivity index (χ1v) is 10.3. The van der Waals surface area contributed by atoms with Crippen molar-refractivity contribution >= 4 is 11.8 Å². The van der Waals surface area contributed by atoms with Gasteiger partial charge in [0.2, 0.25) is 0 Å². The molecular formula is C25H21F3N2O2. The molecule has 0 aliphatic carbocycles. The van der Waals surface area contributed by atoms with E-state index in [-0.39, 0.29) is 25.0 Å². The average molecular weight is 438 g/mol. The minimum absolute atomic E-state index is 0.143. The van der Waals surface area contributed by atoms with Crippen molar-refractivity contribution in [2.45, 2.75) is 18.9 Å². The summed E-state index contributed by atoms with van der Waals surface area (Å²) in [5.74, 6) is -5.37. The first-order chi connectivity index (χ1) is 15.4. The standard InChI is InChI=1S/C25H21F3N2O2/c26-21-11-10-20(22(27)23(21)28)25(32)30-14-12-19(13-15-30)29-24(31)18-8-6-17(7-9-18)16-4-2-1-3-5-16/h1-11,19H,12-15H2,(H,29,31). The maximum absolute atomic E-state index is 13.9. The van der Waals surface area contributed by atoms with Crippen molar-refractivity contribution < 1.29 is 22.8 Å². The van der Waals surface area contributed by atoms with Crippen LogP contribution in [-0.4, -0.2) is 35.8 Å². The molecule has 4 rings (SSSR count). The Balaban J connectivity index is 1.33. The second-order valence-electron chi connectivity index (χ2n) is 7.71. The van der Waals surface area contributed by atoms with Gasteiger partial charge in [-0.05, 0) is 48.2 Å². The van der Waals surface area contributed by atoms with Gasteiger partial charge in [0.05, 0.1) is 5.56 Å². The van der Waals surface area contributed by atoms with Crippen LogP contribution in [0.5, 0.6) is 0 Å². The highest BCUT2D eigenvalue weighted by atomic mass is 19.2. The number of benzene rings is 3. The Labute approximate surface area is 183 Å². The Morgan fingerprint density at radius 3 is 2.06 bits per heavy atom. The van der Waals surface area contributed by atoms with Crippen LogP contribution in [0.25, 0.3) is 11.1 Å². The minimum Gasteiger partial charge on any atom is -0.349 e. The van der Waals surface area contributed by atoms with Crippen LogP contribution in [0.2, 0.25) is 0 Å². The normalized spacial score (nSPS) is 14.3. The van der Waals surface area contributed by atoms with Gasteiger partial charge in [0.25, 0.3) is 11.8 Å². The van der Waals surface area contributed by atoms with Crippen LogP contribution in [0.4, 0.5) is 13.2 Å². The van der Waals surface area contributed by atoms with E-state index in [0.717, 1.165) is 23.3 Å². The molecular weight excluding hydrogens is 417 g/mol. The summed E-state index contributed by atoms with van der Waals surface area (Å²) >= 11 is 0. The van der Waals surface area contributed by atoms with Crippen molar-refractivity contribution in [2.75, 3.05) is 13.1 Å². The van der Waals surface area contributed by atoms with Gasteiger partial charge in [0.1, 0.15) is 0 Å². The van der Waals surface area contributed by atoms with Gasteiger partial charge < -0.3 is 10.2 Å². The number of halogens is 3. The van der Waals surface area contributed by atoms with Gasteiger partial charge >= 0.3 is 0 Å². The van der Waals surface area contributed by atoms with Gasteiger partial charge in [-0.3, -0.25) is 9.59 Å². The number of carbonyl (C=O) groups is 2. The number of carbonyl (C=O) groups excluding carboxylic acids is 2. The SMILES string of the molecule is O=C(NC1CCN(C(=O)c2ccc(F)c(F)c2F)CC1)c1ccc(-c2ccccc2)cc1. The van der Waals surface area contributed by atoms with Crippen LogP contribution in [0.3, 0.4) is 0 Å². The van der Waals surface area contributed by atoms with E-state index in [9.17, 15) is 22.8 Å². The van der Waals surface area contributed by atoms with E-state index in [1.807, 2.05) is 42.5 Å². The Bertz CT molecular complexity index is 1130. The molecule has 32 heavy (non-hydrogen) atoms. The number of nitrogens with one attached hydrogen (secondary N) is 1. The van der Waals surface area contributed by atoms with Crippen molar-refractivity contribution in [3.63, 3.8) is 0 Å². The van der Waals surface area contributed by atoms with Gasteiger partial charge in [-0.25, -0.2) is 13.2 Å². The van der Waals surface area contributed by atoms with E-state index >= 15 is 0 Å². The summed E-state index contributed by atoms with van der Waals surface area (Å²) in [5.41, 5.74) is 2.12. The molecule has 3 aromatic rings. The number of rotatable bonds is 4. The molecule has 0 saturated carbocycles. The van der Waals surface area contributed by atoms with E-state index in [1.165, 1.54) is 4.90 Å². The maximum atomic E-state index is 13.9. The third-order valence-electron chi connectivity index (χ3n) is 5.64. The zero-order valence-electron chi connectivity index (χ0n) is 17.2. The van der Waals surface area contributed by atoms with Gasteiger partial charge in [0.15, 0.2) is 17.5 Å². The Morgan fingerprint density at radius 2 is 1.41 bits per heavy atom. The molecule has 1 aliphatic heterocycles. The van der Waals surface area contributed by atoms with Crippen molar-refractivity contribution in [3.8, 4) is 11.1 Å². The maximum Gasteiger partial charge on any atom is 0.256 e. The monoisotopic (exact) mass is 438 g/mol. The average Bonchev–Trinajstić information content (AvgIpc) is 2.83. The summed E-state index contributed by atoms with van der Waals surface area (Å²) in [7, 11) is 0. The summed E-state index contributed by atoms with van der Waals surface area (Å²) in [4.78, 5) is 26.5. The van der Waals surface area contributed by atoms with E-state index in [0.29, 0.717) is 18.4 Å². The van der Waals surface area contributed by atoms with Crippen LogP contribution in [0.1, 0.15) is 33.6 Å². The lowest BCUT2D eigenvalue weighted by atomic mass is 10.0. The number of piperidine rings is 1. The molecule has 0 aromatic heterocycles. The predicted octanol–water partition coefficient (Wildman–Crippen LogP) is 4.81. The third-order valence-corrected chi connectivity index (χ3v) is 5.64. The Hall–Kier alpha value is -3.61. The molecule has 0 spiro atoms. The lowest BCUT2D eigenvalue weighted by Crippen LogP contribution is -2.46. The topological polar surface area (TPSA) is 49.4 Å². The first-order valence-electron chi connectivity index (χ1n) is 10.3. The molecule has 0 radical (unpaired) electrons. The fourth-order valence-electron chi connectivity index (χ4n) is 3.80. The van der Waals surface area contributed by atoms with E-state index in [1.54, 1.807) is 12.1 Å². The van der Waals surface area contributed by atoms with E-state index in [4.69, 9.17) is 0 Å². The number of amides is 2. The zero-order chi connectivity index (χ0) is 22.7. The van der Waals surface area contributed by atoms with E-state index < -0.39 is 28.9 Å². The molecule has 1 fully saturated rings. The molecule has 0 atom stereocenters. The summed E-state index contributed by atoms with van der Waals surface area (Å²) in [6, 6.07) is 18.7. The second kappa shape index (κ2) is 9.26. The minimum atomic E-state index is -1.66. The lowest BCUT2D eigenvalue weighted by molar-refractivity contribution is 0.0692. The Morgan fingerprint density at radius 1 is 0.781 bits per heavy atom. The van der Waals surface area contributed by atoms with Crippen LogP contribution in [-0.2, 0) is 0 Å². The molecule has 1 heterocycles. The van der Waals surface area contributed by atoms with Gasteiger partial charge in [-0.2, -0.15) is 0 Å². The molecule has 0 bridgehead atoms. The molecule has 4 nitrogen and oxygen atoms in total. The van der Waals surface area contributed by atoms with Gasteiger partial charge in [-0.1, -0.05) is 42.5 Å². The molecule has 7 heteroatoms. The fraction of sp³-hybridized carbons (Fsp3) is 0.200. The van der Waals surface area contributed by atoms with Crippen LogP contribution in [0.15, 0.2) is 66.7 Å². The smallest absolute Gasteiger partial charge is 0.256 e. The highest BCUT2D eigenvalue weighted by Crippen LogP contribution is 2.21. The molecule has 2 amide bonds. The van der Waals surface area contributed by atoms with Crippen LogP contribution >= 0.6 is 0 Å². The van der Waals surface area contributed by atoms with Crippen molar-refractivity contribution in [2.24, 2.45) is 0 Å². The molecule has 0 unspecified atom stereocenters. The molecule has 1 saturated heterocycles. The third kappa shape index (κ3) is 4.51. The number of hydrogen-bond acceptors (Lipinski definition) is 2. The largest absolute Gasteiger partial charge is 0.349 e. The summed E-state index contributed by atoms with van der Waals surface area (Å²) in [5, 5.41) is 2.96. The van der Waals surface area contributed by atoms with Crippen molar-refractivity contribution in [3.05, 3.63) is 95.3 Å². The second-order valence-corrected chi connectivity index (χ2v) is 7.71. The fourth-order valence-corrected chi connectivity index (χ4v) is 3.80. The summed E-state index contributed by atoms with van der Waals surface area (Å²) < 4.78 is 40.5. The zero-order valence-corrected chi connectivity index (χ0v) is 17.2. The number of nitrogens with zero attached hydrogens (tertiary/aromatic N) is 1. The van der Waals surface area contributed by atoms with E-state index in [2.05, 4.69) is 5.32 Å².